The lowest BCUT2D eigenvalue weighted by atomic mass is 9.69. The first-order valence-electron chi connectivity index (χ1n) is 24.0. The molecule has 2 aromatic heterocycles. The van der Waals surface area contributed by atoms with Gasteiger partial charge in [-0.15, -0.1) is 0 Å². The summed E-state index contributed by atoms with van der Waals surface area (Å²) >= 11 is 0. The van der Waals surface area contributed by atoms with Crippen molar-refractivity contribution in [3.8, 4) is 51.5 Å². The molecule has 0 fully saturated rings. The van der Waals surface area contributed by atoms with Crippen LogP contribution in [0.15, 0.2) is 97.3 Å². The fourth-order valence-corrected chi connectivity index (χ4v) is 9.10. The average molecular weight is 868 g/mol. The number of unbranched alkanes of at least 4 members (excludes halogenated alkanes) is 1. The molecule has 0 saturated heterocycles. The molecule has 0 spiro atoms. The van der Waals surface area contributed by atoms with Gasteiger partial charge in [-0.3, -0.25) is 9.13 Å². The molecule has 7 rings (SSSR count). The number of imidazole rings is 2. The minimum atomic E-state index is -0.327. The van der Waals surface area contributed by atoms with E-state index in [1.807, 2.05) is 33.9 Å². The van der Waals surface area contributed by atoms with Gasteiger partial charge in [0.15, 0.2) is 0 Å². The van der Waals surface area contributed by atoms with Crippen LogP contribution in [0.1, 0.15) is 142 Å². The van der Waals surface area contributed by atoms with E-state index in [9.17, 15) is 5.26 Å². The minimum absolute atomic E-state index is 0.194. The van der Waals surface area contributed by atoms with E-state index < -0.39 is 0 Å². The summed E-state index contributed by atoms with van der Waals surface area (Å²) in [6, 6.07) is 33.2. The fourth-order valence-electron chi connectivity index (χ4n) is 9.10. The number of aromatic nitrogens is 4. The second-order valence-corrected chi connectivity index (χ2v) is 18.0. The number of rotatable bonds is 10. The van der Waals surface area contributed by atoms with Crippen LogP contribution in [0.3, 0.4) is 0 Å². The minimum Gasteiger partial charge on any atom is -0.299 e. The van der Waals surface area contributed by atoms with Crippen molar-refractivity contribution < 1.29 is 0 Å². The lowest BCUT2D eigenvalue weighted by molar-refractivity contribution is 0.343. The first-order valence-corrected chi connectivity index (χ1v) is 24.0. The van der Waals surface area contributed by atoms with Crippen molar-refractivity contribution in [1.82, 2.24) is 19.1 Å². The van der Waals surface area contributed by atoms with Crippen molar-refractivity contribution >= 4 is 0 Å². The highest BCUT2D eigenvalue weighted by Crippen LogP contribution is 2.44. The Morgan fingerprint density at radius 2 is 1.20 bits per heavy atom. The lowest BCUT2D eigenvalue weighted by Gasteiger charge is -2.35. The Kier molecular flexibility index (Phi) is 18.1. The molecule has 5 heteroatoms. The highest BCUT2D eigenvalue weighted by atomic mass is 15.1. The molecule has 0 radical (unpaired) electrons. The van der Waals surface area contributed by atoms with Crippen LogP contribution in [0, 0.1) is 79.6 Å². The van der Waals surface area contributed by atoms with E-state index in [-0.39, 0.29) is 11.3 Å². The first kappa shape index (κ1) is 51.6. The molecule has 0 unspecified atom stereocenters. The average Bonchev–Trinajstić information content (AvgIpc) is 3.89. The second kappa shape index (κ2) is 22.8. The summed E-state index contributed by atoms with van der Waals surface area (Å²) in [5.41, 5.74) is 19.8. The van der Waals surface area contributed by atoms with Gasteiger partial charge in [0, 0.05) is 34.8 Å². The monoisotopic (exact) mass is 868 g/mol. The lowest BCUT2D eigenvalue weighted by Crippen LogP contribution is -2.29. The second-order valence-electron chi connectivity index (χ2n) is 18.0. The summed E-state index contributed by atoms with van der Waals surface area (Å²) in [6.45, 7) is 38.9. The molecular weight excluding hydrogens is 791 g/mol. The van der Waals surface area contributed by atoms with E-state index in [4.69, 9.17) is 9.97 Å². The van der Waals surface area contributed by atoms with Crippen LogP contribution in [0.25, 0.3) is 45.4 Å². The molecule has 0 saturated carbocycles. The normalized spacial score (nSPS) is 11.3. The van der Waals surface area contributed by atoms with Gasteiger partial charge in [-0.1, -0.05) is 165 Å². The zero-order valence-electron chi connectivity index (χ0n) is 43.2. The highest BCUT2D eigenvalue weighted by molar-refractivity contribution is 5.76. The molecule has 7 aromatic rings. The number of hydrogen-bond donors (Lipinski definition) is 0. The topological polar surface area (TPSA) is 59.4 Å². The predicted molar refractivity (Wildman–Crippen MR) is 280 cm³/mol. The van der Waals surface area contributed by atoms with Crippen molar-refractivity contribution in [2.24, 2.45) is 5.92 Å². The van der Waals surface area contributed by atoms with Gasteiger partial charge in [-0.05, 0) is 131 Å². The largest absolute Gasteiger partial charge is 0.299 e. The van der Waals surface area contributed by atoms with Crippen LogP contribution >= 0.6 is 0 Å². The van der Waals surface area contributed by atoms with Gasteiger partial charge in [0.1, 0.15) is 11.6 Å². The molecule has 0 aliphatic carbocycles. The fraction of sp³-hybridized carbons (Fsp3) is 0.383. The zero-order chi connectivity index (χ0) is 48.3. The van der Waals surface area contributed by atoms with Crippen LogP contribution in [0.2, 0.25) is 0 Å². The van der Waals surface area contributed by atoms with Gasteiger partial charge in [0.25, 0.3) is 0 Å². The molecule has 342 valence electrons. The Morgan fingerprint density at radius 1 is 0.631 bits per heavy atom. The zero-order valence-corrected chi connectivity index (χ0v) is 43.2. The Bertz CT molecular complexity index is 2700. The van der Waals surface area contributed by atoms with Crippen LogP contribution in [0.4, 0.5) is 0 Å². The van der Waals surface area contributed by atoms with Crippen molar-refractivity contribution in [3.05, 3.63) is 164 Å². The van der Waals surface area contributed by atoms with E-state index in [2.05, 4.69) is 203 Å². The Balaban J connectivity index is 0.00000108. The van der Waals surface area contributed by atoms with Gasteiger partial charge >= 0.3 is 0 Å². The summed E-state index contributed by atoms with van der Waals surface area (Å²) in [5.74, 6) is 2.00. The summed E-state index contributed by atoms with van der Waals surface area (Å²) in [5, 5.41) is 10.4. The Labute approximate surface area is 393 Å². The SMILES string of the molecule is CC.CC.CCCC.Cc1cccc(-c2nc(-c3cc(C#N)c(C)cc3C(C)(C)[C@@H](C)Cc3ccccc3-c3nccn3-c3c(C)cc(C)cc3C)n(-c3c(C)cc(C)cc3C)c2C)c1. The number of aryl methyl sites for hydroxylation is 8. The van der Waals surface area contributed by atoms with Gasteiger partial charge < -0.3 is 0 Å². The van der Waals surface area contributed by atoms with Crippen LogP contribution < -0.4 is 0 Å². The maximum atomic E-state index is 10.4. The maximum Gasteiger partial charge on any atom is 0.145 e. The van der Waals surface area contributed by atoms with Gasteiger partial charge in [-0.2, -0.15) is 5.26 Å². The summed E-state index contributed by atoms with van der Waals surface area (Å²) in [6.07, 6.45) is 7.47. The third-order valence-electron chi connectivity index (χ3n) is 12.7. The summed E-state index contributed by atoms with van der Waals surface area (Å²) in [4.78, 5) is 10.5. The van der Waals surface area contributed by atoms with Gasteiger partial charge in [0.05, 0.1) is 28.7 Å². The van der Waals surface area contributed by atoms with E-state index in [1.165, 1.54) is 68.6 Å². The van der Waals surface area contributed by atoms with Crippen molar-refractivity contribution in [1.29, 1.82) is 5.26 Å². The number of nitriles is 1. The van der Waals surface area contributed by atoms with Crippen LogP contribution in [-0.4, -0.2) is 19.1 Å². The molecule has 5 aromatic carbocycles. The van der Waals surface area contributed by atoms with E-state index >= 15 is 0 Å². The van der Waals surface area contributed by atoms with Crippen LogP contribution in [-0.2, 0) is 11.8 Å². The first-order chi connectivity index (χ1) is 31.0. The standard InChI is InChI=1S/C52H55N5.C4H10.2C2H6/c1-31-16-15-18-42(26-31)47-40(10)57(49-37(7)24-33(3)25-38(49)8)51(55-47)45-29-43(30-53)34(4)27-46(45)52(11,12)39(9)28-41-17-13-14-19-44(41)50-54-20-21-56(50)48-35(5)22-32(2)23-36(48)6;1-3-4-2;2*1-2/h13-27,29,39H,28H2,1-12H3;3-4H2,1-2H3;2*1-2H3/t39-;;;/m0.../s1. The van der Waals surface area contributed by atoms with Crippen LogP contribution in [0.5, 0.6) is 0 Å². The van der Waals surface area contributed by atoms with Crippen molar-refractivity contribution in [3.63, 3.8) is 0 Å². The third kappa shape index (κ3) is 11.1. The van der Waals surface area contributed by atoms with Gasteiger partial charge in [-0.25, -0.2) is 9.97 Å². The molecule has 1 atom stereocenters. The van der Waals surface area contributed by atoms with E-state index in [0.717, 1.165) is 57.4 Å². The van der Waals surface area contributed by atoms with Crippen molar-refractivity contribution in [2.45, 2.75) is 149 Å². The molecule has 0 amide bonds. The number of benzene rings is 5. The summed E-state index contributed by atoms with van der Waals surface area (Å²) in [7, 11) is 0. The smallest absolute Gasteiger partial charge is 0.145 e. The number of hydrogen-bond acceptors (Lipinski definition) is 3. The molecule has 65 heavy (non-hydrogen) atoms. The number of nitrogens with zero attached hydrogens (tertiary/aromatic N) is 5. The molecule has 2 heterocycles. The third-order valence-corrected chi connectivity index (χ3v) is 12.7. The maximum absolute atomic E-state index is 10.4. The molecule has 0 N–H and O–H groups in total. The quantitative estimate of drug-likeness (QED) is 0.138. The molecular formula is C60H77N5. The highest BCUT2D eigenvalue weighted by Gasteiger charge is 2.34. The van der Waals surface area contributed by atoms with Gasteiger partial charge in [0.2, 0.25) is 0 Å². The van der Waals surface area contributed by atoms with Crippen molar-refractivity contribution in [2.75, 3.05) is 0 Å². The molecule has 0 aliphatic rings. The van der Waals surface area contributed by atoms with E-state index in [1.54, 1.807) is 0 Å². The molecule has 0 bridgehead atoms. The summed E-state index contributed by atoms with van der Waals surface area (Å²) < 4.78 is 4.60. The predicted octanol–water partition coefficient (Wildman–Crippen LogP) is 16.7. The Hall–Kier alpha value is -5.99. The van der Waals surface area contributed by atoms with E-state index in [0.29, 0.717) is 5.56 Å². The molecule has 0 aliphatic heterocycles. The Morgan fingerprint density at radius 3 is 1.75 bits per heavy atom. The molecule has 5 nitrogen and oxygen atoms in total.